The van der Waals surface area contributed by atoms with Crippen LogP contribution in [0.3, 0.4) is 0 Å². The molecule has 0 aliphatic carbocycles. The van der Waals surface area contributed by atoms with Gasteiger partial charge in [0.05, 0.1) is 17.8 Å². The number of piperidine rings is 1. The van der Waals surface area contributed by atoms with E-state index in [1.54, 1.807) is 0 Å². The summed E-state index contributed by atoms with van der Waals surface area (Å²) < 4.78 is 2.16. The number of aryl methyl sites for hydroxylation is 1. The third kappa shape index (κ3) is 2.07. The second-order valence-electron chi connectivity index (χ2n) is 4.93. The van der Waals surface area contributed by atoms with E-state index in [9.17, 15) is 0 Å². The first-order chi connectivity index (χ1) is 8.34. The highest BCUT2D eigenvalue weighted by Crippen LogP contribution is 2.19. The van der Waals surface area contributed by atoms with E-state index in [0.717, 1.165) is 18.8 Å². The van der Waals surface area contributed by atoms with Crippen molar-refractivity contribution in [3.8, 4) is 0 Å². The molecule has 1 aliphatic heterocycles. The van der Waals surface area contributed by atoms with Crippen LogP contribution in [0.5, 0.6) is 0 Å². The van der Waals surface area contributed by atoms with Crippen molar-refractivity contribution >= 4 is 10.9 Å². The molecule has 1 fully saturated rings. The molecule has 2 aromatic rings. The van der Waals surface area contributed by atoms with E-state index in [2.05, 4.69) is 46.3 Å². The van der Waals surface area contributed by atoms with E-state index in [0.29, 0.717) is 6.04 Å². The van der Waals surface area contributed by atoms with E-state index in [1.165, 1.54) is 30.2 Å². The van der Waals surface area contributed by atoms with Crippen LogP contribution >= 0.6 is 0 Å². The molecule has 3 rings (SSSR count). The van der Waals surface area contributed by atoms with Gasteiger partial charge in [-0.1, -0.05) is 24.6 Å². The lowest BCUT2D eigenvalue weighted by Gasteiger charge is -2.23. The Morgan fingerprint density at radius 3 is 3.06 bits per heavy atom. The Kier molecular flexibility index (Phi) is 2.85. The van der Waals surface area contributed by atoms with E-state index in [-0.39, 0.29) is 0 Å². The molecule has 1 aliphatic rings. The third-order valence-corrected chi connectivity index (χ3v) is 3.65. The Morgan fingerprint density at radius 2 is 2.24 bits per heavy atom. The van der Waals surface area contributed by atoms with Crippen LogP contribution in [-0.2, 0) is 6.54 Å². The normalized spacial score (nSPS) is 20.9. The highest BCUT2D eigenvalue weighted by Gasteiger charge is 2.15. The van der Waals surface area contributed by atoms with Gasteiger partial charge in [0.2, 0.25) is 0 Å². The lowest BCUT2D eigenvalue weighted by Crippen LogP contribution is -2.37. The fourth-order valence-electron chi connectivity index (χ4n) is 2.72. The first kappa shape index (κ1) is 10.8. The summed E-state index contributed by atoms with van der Waals surface area (Å²) >= 11 is 0. The molecule has 0 radical (unpaired) electrons. The lowest BCUT2D eigenvalue weighted by atomic mass is 10.1. The van der Waals surface area contributed by atoms with E-state index < -0.39 is 0 Å². The van der Waals surface area contributed by atoms with Crippen LogP contribution in [0.2, 0.25) is 0 Å². The third-order valence-electron chi connectivity index (χ3n) is 3.65. The smallest absolute Gasteiger partial charge is 0.0685 e. The zero-order chi connectivity index (χ0) is 11.7. The molecule has 1 aromatic heterocycles. The van der Waals surface area contributed by atoms with Crippen molar-refractivity contribution in [1.29, 1.82) is 0 Å². The van der Waals surface area contributed by atoms with Gasteiger partial charge in [0.25, 0.3) is 0 Å². The van der Waals surface area contributed by atoms with Crippen LogP contribution in [0.4, 0.5) is 0 Å². The average molecular weight is 229 g/mol. The molecule has 17 heavy (non-hydrogen) atoms. The molecular weight excluding hydrogens is 210 g/mol. The minimum atomic E-state index is 0.589. The minimum Gasteiger partial charge on any atom is -0.312 e. The number of para-hydroxylation sites is 1. The van der Waals surface area contributed by atoms with Crippen molar-refractivity contribution in [2.24, 2.45) is 0 Å². The maximum absolute atomic E-state index is 4.66. The van der Waals surface area contributed by atoms with Crippen LogP contribution in [0.15, 0.2) is 24.3 Å². The van der Waals surface area contributed by atoms with Crippen molar-refractivity contribution in [2.75, 3.05) is 6.54 Å². The maximum Gasteiger partial charge on any atom is 0.0685 e. The van der Waals surface area contributed by atoms with E-state index in [1.807, 2.05) is 0 Å². The van der Waals surface area contributed by atoms with Crippen molar-refractivity contribution in [3.63, 3.8) is 0 Å². The average Bonchev–Trinajstić information content (AvgIpc) is 2.69. The SMILES string of the molecule is Cc1nn(CC2CCCCN2)c2ccccc12. The second-order valence-corrected chi connectivity index (χ2v) is 4.93. The number of aromatic nitrogens is 2. The molecule has 3 heteroatoms. The summed E-state index contributed by atoms with van der Waals surface area (Å²) in [5.41, 5.74) is 2.40. The molecule has 0 bridgehead atoms. The fourth-order valence-corrected chi connectivity index (χ4v) is 2.72. The zero-order valence-electron chi connectivity index (χ0n) is 10.3. The van der Waals surface area contributed by atoms with Gasteiger partial charge in [0.1, 0.15) is 0 Å². The van der Waals surface area contributed by atoms with Gasteiger partial charge in [-0.05, 0) is 32.4 Å². The van der Waals surface area contributed by atoms with Crippen LogP contribution in [-0.4, -0.2) is 22.4 Å². The first-order valence-corrected chi connectivity index (χ1v) is 6.50. The van der Waals surface area contributed by atoms with Gasteiger partial charge in [-0.25, -0.2) is 0 Å². The Hall–Kier alpha value is -1.35. The summed E-state index contributed by atoms with van der Waals surface area (Å²) in [5, 5.41) is 9.52. The number of benzene rings is 1. The summed E-state index contributed by atoms with van der Waals surface area (Å²) in [4.78, 5) is 0. The molecular formula is C14H19N3. The number of rotatable bonds is 2. The predicted molar refractivity (Wildman–Crippen MR) is 70.1 cm³/mol. The number of hydrogen-bond acceptors (Lipinski definition) is 2. The summed E-state index contributed by atoms with van der Waals surface area (Å²) in [6.07, 6.45) is 3.93. The largest absolute Gasteiger partial charge is 0.312 e. The Labute approximate surface area is 102 Å². The Balaban J connectivity index is 1.89. The van der Waals surface area contributed by atoms with Crippen molar-refractivity contribution in [1.82, 2.24) is 15.1 Å². The number of nitrogens with zero attached hydrogens (tertiary/aromatic N) is 2. The molecule has 0 saturated carbocycles. The van der Waals surface area contributed by atoms with Gasteiger partial charge in [-0.2, -0.15) is 5.10 Å². The molecule has 1 N–H and O–H groups in total. The maximum atomic E-state index is 4.66. The number of fused-ring (bicyclic) bond motifs is 1. The molecule has 0 spiro atoms. The molecule has 0 amide bonds. The van der Waals surface area contributed by atoms with Crippen molar-refractivity contribution < 1.29 is 0 Å². The van der Waals surface area contributed by atoms with Gasteiger partial charge in [0, 0.05) is 11.4 Å². The van der Waals surface area contributed by atoms with Crippen LogP contribution in [0.1, 0.15) is 25.0 Å². The molecule has 1 unspecified atom stereocenters. The monoisotopic (exact) mass is 229 g/mol. The van der Waals surface area contributed by atoms with E-state index in [4.69, 9.17) is 0 Å². The predicted octanol–water partition coefficient (Wildman–Crippen LogP) is 2.49. The fraction of sp³-hybridized carbons (Fsp3) is 0.500. The quantitative estimate of drug-likeness (QED) is 0.857. The highest BCUT2D eigenvalue weighted by atomic mass is 15.3. The van der Waals surface area contributed by atoms with Crippen LogP contribution in [0, 0.1) is 6.92 Å². The standard InChI is InChI=1S/C14H19N3/c1-11-13-7-2-3-8-14(13)17(16-11)10-12-6-4-5-9-15-12/h2-3,7-8,12,15H,4-6,9-10H2,1H3. The Morgan fingerprint density at radius 1 is 1.35 bits per heavy atom. The summed E-state index contributed by atoms with van der Waals surface area (Å²) in [6.45, 7) is 4.24. The van der Waals surface area contributed by atoms with Gasteiger partial charge < -0.3 is 5.32 Å². The summed E-state index contributed by atoms with van der Waals surface area (Å²) in [7, 11) is 0. The topological polar surface area (TPSA) is 29.9 Å². The van der Waals surface area contributed by atoms with Gasteiger partial charge >= 0.3 is 0 Å². The zero-order valence-corrected chi connectivity index (χ0v) is 10.3. The highest BCUT2D eigenvalue weighted by molar-refractivity contribution is 5.81. The van der Waals surface area contributed by atoms with Crippen molar-refractivity contribution in [3.05, 3.63) is 30.0 Å². The van der Waals surface area contributed by atoms with Crippen molar-refractivity contribution in [2.45, 2.75) is 38.8 Å². The number of hydrogen-bond donors (Lipinski definition) is 1. The van der Waals surface area contributed by atoms with Gasteiger partial charge in [-0.15, -0.1) is 0 Å². The van der Waals surface area contributed by atoms with Gasteiger partial charge in [0.15, 0.2) is 0 Å². The molecule has 2 heterocycles. The molecule has 1 aromatic carbocycles. The molecule has 90 valence electrons. The minimum absolute atomic E-state index is 0.589. The molecule has 1 saturated heterocycles. The first-order valence-electron chi connectivity index (χ1n) is 6.50. The van der Waals surface area contributed by atoms with E-state index >= 15 is 0 Å². The summed E-state index contributed by atoms with van der Waals surface area (Å²) in [6, 6.07) is 9.08. The number of nitrogens with one attached hydrogen (secondary N) is 1. The van der Waals surface area contributed by atoms with Crippen LogP contribution < -0.4 is 5.32 Å². The Bertz CT molecular complexity index is 509. The molecule has 3 nitrogen and oxygen atoms in total. The van der Waals surface area contributed by atoms with Gasteiger partial charge in [-0.3, -0.25) is 4.68 Å². The second kappa shape index (κ2) is 4.49. The van der Waals surface area contributed by atoms with Crippen LogP contribution in [0.25, 0.3) is 10.9 Å². The lowest BCUT2D eigenvalue weighted by molar-refractivity contribution is 0.354. The molecule has 1 atom stereocenters. The summed E-state index contributed by atoms with van der Waals surface area (Å²) in [5.74, 6) is 0.